The summed E-state index contributed by atoms with van der Waals surface area (Å²) in [6, 6.07) is 5.49. The van der Waals surface area contributed by atoms with E-state index in [9.17, 15) is 8.42 Å². The Morgan fingerprint density at radius 3 is 2.67 bits per heavy atom. The molecule has 0 saturated heterocycles. The monoisotopic (exact) mass is 332 g/mol. The van der Waals surface area contributed by atoms with E-state index in [1.807, 2.05) is 18.2 Å². The predicted molar refractivity (Wildman–Crippen MR) is 75.5 cm³/mol. The highest BCUT2D eigenvalue weighted by molar-refractivity contribution is 9.10. The Bertz CT molecular complexity index is 521. The zero-order valence-corrected chi connectivity index (χ0v) is 12.8. The molecule has 0 heterocycles. The molecule has 0 aromatic heterocycles. The van der Waals surface area contributed by atoms with E-state index in [2.05, 4.69) is 15.9 Å². The molecule has 0 unspecified atom stereocenters. The molecule has 1 aromatic carbocycles. The summed E-state index contributed by atoms with van der Waals surface area (Å²) in [6.07, 6.45) is 2.51. The molecule has 1 aliphatic carbocycles. The van der Waals surface area contributed by atoms with Crippen LogP contribution in [0.1, 0.15) is 25.3 Å². The van der Waals surface area contributed by atoms with Crippen molar-refractivity contribution in [3.05, 3.63) is 28.2 Å². The third-order valence-electron chi connectivity index (χ3n) is 2.99. The second-order valence-electron chi connectivity index (χ2n) is 4.70. The summed E-state index contributed by atoms with van der Waals surface area (Å²) >= 11 is 3.43. The highest BCUT2D eigenvalue weighted by Crippen LogP contribution is 2.32. The van der Waals surface area contributed by atoms with Crippen molar-refractivity contribution in [2.45, 2.75) is 25.5 Å². The zero-order valence-electron chi connectivity index (χ0n) is 10.4. The van der Waals surface area contributed by atoms with Crippen LogP contribution in [0, 0.1) is 5.92 Å². The van der Waals surface area contributed by atoms with Crippen LogP contribution in [0.4, 0.5) is 0 Å². The van der Waals surface area contributed by atoms with Crippen LogP contribution in [0.2, 0.25) is 0 Å². The summed E-state index contributed by atoms with van der Waals surface area (Å²) < 4.78 is 29.6. The maximum absolute atomic E-state index is 11.5. The molecule has 1 aromatic rings. The molecule has 0 spiro atoms. The molecule has 0 amide bonds. The fraction of sp³-hybridized carbons (Fsp3) is 0.538. The van der Waals surface area contributed by atoms with E-state index in [4.69, 9.17) is 4.74 Å². The fourth-order valence-electron chi connectivity index (χ4n) is 1.60. The molecule has 18 heavy (non-hydrogen) atoms. The van der Waals surface area contributed by atoms with Crippen molar-refractivity contribution in [3.63, 3.8) is 0 Å². The molecule has 0 radical (unpaired) electrons. The average Bonchev–Trinajstić information content (AvgIpc) is 3.11. The van der Waals surface area contributed by atoms with Crippen molar-refractivity contribution in [1.82, 2.24) is 0 Å². The van der Waals surface area contributed by atoms with Crippen LogP contribution in [-0.2, 0) is 15.6 Å². The normalized spacial score (nSPS) is 15.7. The summed E-state index contributed by atoms with van der Waals surface area (Å²) in [5.41, 5.74) is 0.794. The SMILES string of the molecule is CCS(=O)(=O)Cc1ccc(OCC2CC2)c(Br)c1. The molecule has 0 bridgehead atoms. The van der Waals surface area contributed by atoms with Gasteiger partial charge >= 0.3 is 0 Å². The second-order valence-corrected chi connectivity index (χ2v) is 7.90. The minimum atomic E-state index is -2.98. The van der Waals surface area contributed by atoms with Gasteiger partial charge in [-0.05, 0) is 52.4 Å². The van der Waals surface area contributed by atoms with Gasteiger partial charge in [-0.1, -0.05) is 13.0 Å². The maximum atomic E-state index is 11.5. The second kappa shape index (κ2) is 5.61. The Balaban J connectivity index is 2.03. The largest absolute Gasteiger partial charge is 0.492 e. The number of sulfone groups is 1. The summed E-state index contributed by atoms with van der Waals surface area (Å²) in [6.45, 7) is 2.42. The molecular formula is C13H17BrO3S. The standard InChI is InChI=1S/C13H17BrO3S/c1-2-18(15,16)9-11-5-6-13(12(14)7-11)17-8-10-3-4-10/h5-7,10H,2-4,8-9H2,1H3. The third kappa shape index (κ3) is 3.99. The van der Waals surface area contributed by atoms with Crippen molar-refractivity contribution >= 4 is 25.8 Å². The third-order valence-corrected chi connectivity index (χ3v) is 5.27. The van der Waals surface area contributed by atoms with E-state index in [1.165, 1.54) is 12.8 Å². The van der Waals surface area contributed by atoms with E-state index < -0.39 is 9.84 Å². The van der Waals surface area contributed by atoms with E-state index >= 15 is 0 Å². The molecule has 1 aliphatic rings. The van der Waals surface area contributed by atoms with Gasteiger partial charge in [0, 0.05) is 5.75 Å². The van der Waals surface area contributed by atoms with Crippen LogP contribution in [-0.4, -0.2) is 20.8 Å². The van der Waals surface area contributed by atoms with Gasteiger partial charge < -0.3 is 4.74 Å². The lowest BCUT2D eigenvalue weighted by atomic mass is 10.2. The van der Waals surface area contributed by atoms with Crippen molar-refractivity contribution < 1.29 is 13.2 Å². The van der Waals surface area contributed by atoms with Crippen molar-refractivity contribution in [1.29, 1.82) is 0 Å². The molecule has 0 aliphatic heterocycles. The van der Waals surface area contributed by atoms with Crippen LogP contribution in [0.25, 0.3) is 0 Å². The number of hydrogen-bond acceptors (Lipinski definition) is 3. The summed E-state index contributed by atoms with van der Waals surface area (Å²) in [5.74, 6) is 1.76. The van der Waals surface area contributed by atoms with E-state index in [1.54, 1.807) is 6.92 Å². The lowest BCUT2D eigenvalue weighted by molar-refractivity contribution is 0.298. The number of rotatable bonds is 6. The highest BCUT2D eigenvalue weighted by Gasteiger charge is 2.22. The Hall–Kier alpha value is -0.550. The Morgan fingerprint density at radius 1 is 1.39 bits per heavy atom. The number of hydrogen-bond donors (Lipinski definition) is 0. The Kier molecular flexibility index (Phi) is 4.33. The average molecular weight is 333 g/mol. The molecular weight excluding hydrogens is 316 g/mol. The van der Waals surface area contributed by atoms with Gasteiger partial charge in [0.05, 0.1) is 16.8 Å². The summed E-state index contributed by atoms with van der Waals surface area (Å²) in [5, 5.41) is 0. The molecule has 3 nitrogen and oxygen atoms in total. The van der Waals surface area contributed by atoms with Crippen LogP contribution in [0.3, 0.4) is 0 Å². The quantitative estimate of drug-likeness (QED) is 0.803. The van der Waals surface area contributed by atoms with Gasteiger partial charge in [-0.15, -0.1) is 0 Å². The van der Waals surface area contributed by atoms with E-state index in [0.29, 0.717) is 5.92 Å². The van der Waals surface area contributed by atoms with E-state index in [0.717, 1.165) is 22.4 Å². The molecule has 0 atom stereocenters. The lowest BCUT2D eigenvalue weighted by Gasteiger charge is -2.09. The van der Waals surface area contributed by atoms with Crippen LogP contribution >= 0.6 is 15.9 Å². The first-order valence-electron chi connectivity index (χ1n) is 6.12. The summed E-state index contributed by atoms with van der Waals surface area (Å²) in [7, 11) is -2.98. The summed E-state index contributed by atoms with van der Waals surface area (Å²) in [4.78, 5) is 0. The topological polar surface area (TPSA) is 43.4 Å². The number of halogens is 1. The van der Waals surface area contributed by atoms with Crippen molar-refractivity contribution in [2.24, 2.45) is 5.92 Å². The first kappa shape index (κ1) is 13.9. The first-order valence-corrected chi connectivity index (χ1v) is 8.73. The smallest absolute Gasteiger partial charge is 0.154 e. The van der Waals surface area contributed by atoms with Gasteiger partial charge in [-0.3, -0.25) is 0 Å². The minimum absolute atomic E-state index is 0.0883. The first-order chi connectivity index (χ1) is 8.50. The Labute approximate surface area is 117 Å². The van der Waals surface area contributed by atoms with Gasteiger partial charge in [0.15, 0.2) is 9.84 Å². The molecule has 1 fully saturated rings. The van der Waals surface area contributed by atoms with Gasteiger partial charge in [-0.25, -0.2) is 8.42 Å². The maximum Gasteiger partial charge on any atom is 0.154 e. The predicted octanol–water partition coefficient (Wildman–Crippen LogP) is 3.17. The van der Waals surface area contributed by atoms with Gasteiger partial charge in [0.25, 0.3) is 0 Å². The van der Waals surface area contributed by atoms with Crippen molar-refractivity contribution in [2.75, 3.05) is 12.4 Å². The number of ether oxygens (including phenoxy) is 1. The molecule has 2 rings (SSSR count). The lowest BCUT2D eigenvalue weighted by Crippen LogP contribution is -2.07. The Morgan fingerprint density at radius 2 is 2.11 bits per heavy atom. The minimum Gasteiger partial charge on any atom is -0.492 e. The fourth-order valence-corrected chi connectivity index (χ4v) is 3.03. The molecule has 1 saturated carbocycles. The zero-order chi connectivity index (χ0) is 13.2. The molecule has 5 heteroatoms. The van der Waals surface area contributed by atoms with Crippen LogP contribution in [0.15, 0.2) is 22.7 Å². The van der Waals surface area contributed by atoms with Crippen LogP contribution in [0.5, 0.6) is 5.75 Å². The van der Waals surface area contributed by atoms with Gasteiger partial charge in [0.2, 0.25) is 0 Å². The highest BCUT2D eigenvalue weighted by atomic mass is 79.9. The van der Waals surface area contributed by atoms with Gasteiger partial charge in [-0.2, -0.15) is 0 Å². The van der Waals surface area contributed by atoms with Crippen molar-refractivity contribution in [3.8, 4) is 5.75 Å². The van der Waals surface area contributed by atoms with E-state index in [-0.39, 0.29) is 11.5 Å². The number of benzene rings is 1. The van der Waals surface area contributed by atoms with Crippen LogP contribution < -0.4 is 4.74 Å². The molecule has 100 valence electrons. The van der Waals surface area contributed by atoms with Gasteiger partial charge in [0.1, 0.15) is 5.75 Å². The molecule has 0 N–H and O–H groups in total.